The SMILES string of the molecule is Cc1cc(N(C)C2CCCC2CN)c(C#N)c(C)n1. The lowest BCUT2D eigenvalue weighted by Gasteiger charge is -2.32. The smallest absolute Gasteiger partial charge is 0.103 e. The minimum atomic E-state index is 0.443. The van der Waals surface area contributed by atoms with Gasteiger partial charge >= 0.3 is 0 Å². The molecule has 0 amide bonds. The molecule has 0 saturated heterocycles. The first-order valence-corrected chi connectivity index (χ1v) is 6.89. The van der Waals surface area contributed by atoms with Gasteiger partial charge in [-0.2, -0.15) is 5.26 Å². The van der Waals surface area contributed by atoms with E-state index in [9.17, 15) is 5.26 Å². The topological polar surface area (TPSA) is 65.9 Å². The van der Waals surface area contributed by atoms with Crippen LogP contribution in [-0.4, -0.2) is 24.6 Å². The Kier molecular flexibility index (Phi) is 4.06. The van der Waals surface area contributed by atoms with Gasteiger partial charge in [-0.1, -0.05) is 6.42 Å². The van der Waals surface area contributed by atoms with Crippen LogP contribution in [0.4, 0.5) is 5.69 Å². The van der Waals surface area contributed by atoms with E-state index in [4.69, 9.17) is 5.73 Å². The van der Waals surface area contributed by atoms with Crippen molar-refractivity contribution < 1.29 is 0 Å². The Morgan fingerprint density at radius 3 is 2.84 bits per heavy atom. The van der Waals surface area contributed by atoms with E-state index in [-0.39, 0.29) is 0 Å². The van der Waals surface area contributed by atoms with Crippen LogP contribution in [-0.2, 0) is 0 Å². The normalized spacial score (nSPS) is 22.3. The molecular weight excluding hydrogens is 236 g/mol. The Bertz CT molecular complexity index is 504. The van der Waals surface area contributed by atoms with E-state index >= 15 is 0 Å². The molecule has 102 valence electrons. The number of hydrogen-bond donors (Lipinski definition) is 1. The second-order valence-electron chi connectivity index (χ2n) is 5.46. The molecule has 1 heterocycles. The number of pyridine rings is 1. The van der Waals surface area contributed by atoms with Gasteiger partial charge in [-0.15, -0.1) is 0 Å². The molecule has 1 aliphatic carbocycles. The molecule has 1 aliphatic rings. The van der Waals surface area contributed by atoms with Crippen LogP contribution in [0.15, 0.2) is 6.07 Å². The average molecular weight is 258 g/mol. The molecule has 1 fully saturated rings. The fourth-order valence-electron chi connectivity index (χ4n) is 3.21. The Balaban J connectivity index is 2.38. The Labute approximate surface area is 115 Å². The summed E-state index contributed by atoms with van der Waals surface area (Å²) in [5.41, 5.74) is 9.33. The maximum Gasteiger partial charge on any atom is 0.103 e. The molecule has 0 bridgehead atoms. The van der Waals surface area contributed by atoms with E-state index in [1.807, 2.05) is 19.9 Å². The van der Waals surface area contributed by atoms with Gasteiger partial charge < -0.3 is 10.6 Å². The van der Waals surface area contributed by atoms with Crippen molar-refractivity contribution in [3.05, 3.63) is 23.0 Å². The monoisotopic (exact) mass is 258 g/mol. The molecule has 0 aliphatic heterocycles. The van der Waals surface area contributed by atoms with Crippen LogP contribution in [0.25, 0.3) is 0 Å². The summed E-state index contributed by atoms with van der Waals surface area (Å²) in [6.07, 6.45) is 3.57. The third kappa shape index (κ3) is 2.57. The van der Waals surface area contributed by atoms with E-state index in [2.05, 4.69) is 23.0 Å². The van der Waals surface area contributed by atoms with E-state index < -0.39 is 0 Å². The van der Waals surface area contributed by atoms with Gasteiger partial charge in [0.05, 0.1) is 16.9 Å². The molecule has 0 aromatic carbocycles. The van der Waals surface area contributed by atoms with Crippen LogP contribution in [0.2, 0.25) is 0 Å². The third-order valence-electron chi connectivity index (χ3n) is 4.22. The number of aromatic nitrogens is 1. The van der Waals surface area contributed by atoms with Crippen LogP contribution in [0.3, 0.4) is 0 Å². The van der Waals surface area contributed by atoms with E-state index in [1.54, 1.807) is 0 Å². The maximum atomic E-state index is 9.36. The summed E-state index contributed by atoms with van der Waals surface area (Å²) in [4.78, 5) is 6.62. The van der Waals surface area contributed by atoms with Crippen molar-refractivity contribution in [2.24, 2.45) is 11.7 Å². The zero-order valence-electron chi connectivity index (χ0n) is 12.0. The highest BCUT2D eigenvalue weighted by molar-refractivity contribution is 5.62. The van der Waals surface area contributed by atoms with Crippen LogP contribution >= 0.6 is 0 Å². The highest BCUT2D eigenvalue weighted by Crippen LogP contribution is 2.33. The van der Waals surface area contributed by atoms with Crippen molar-refractivity contribution in [1.29, 1.82) is 5.26 Å². The summed E-state index contributed by atoms with van der Waals surface area (Å²) in [7, 11) is 2.08. The fraction of sp³-hybridized carbons (Fsp3) is 0.600. The Morgan fingerprint density at radius 1 is 1.47 bits per heavy atom. The number of rotatable bonds is 3. The lowest BCUT2D eigenvalue weighted by atomic mass is 10.0. The molecule has 2 rings (SSSR count). The van der Waals surface area contributed by atoms with Crippen molar-refractivity contribution in [2.75, 3.05) is 18.5 Å². The molecule has 0 spiro atoms. The summed E-state index contributed by atoms with van der Waals surface area (Å²) in [5.74, 6) is 0.533. The first-order valence-electron chi connectivity index (χ1n) is 6.89. The minimum absolute atomic E-state index is 0.443. The van der Waals surface area contributed by atoms with E-state index in [0.29, 0.717) is 17.5 Å². The number of hydrogen-bond acceptors (Lipinski definition) is 4. The van der Waals surface area contributed by atoms with E-state index in [0.717, 1.165) is 30.0 Å². The van der Waals surface area contributed by atoms with Crippen molar-refractivity contribution >= 4 is 5.69 Å². The first kappa shape index (κ1) is 13.8. The highest BCUT2D eigenvalue weighted by Gasteiger charge is 2.30. The molecule has 0 radical (unpaired) electrons. The number of nitrogens with two attached hydrogens (primary N) is 1. The molecule has 19 heavy (non-hydrogen) atoms. The molecule has 1 saturated carbocycles. The van der Waals surface area contributed by atoms with Gasteiger partial charge in [-0.3, -0.25) is 4.98 Å². The number of aryl methyl sites for hydroxylation is 2. The van der Waals surface area contributed by atoms with Gasteiger partial charge in [-0.25, -0.2) is 0 Å². The molecule has 2 N–H and O–H groups in total. The summed E-state index contributed by atoms with van der Waals surface area (Å²) in [5, 5.41) is 9.36. The van der Waals surface area contributed by atoms with Gasteiger partial charge in [0.2, 0.25) is 0 Å². The minimum Gasteiger partial charge on any atom is -0.370 e. The summed E-state index contributed by atoms with van der Waals surface area (Å²) < 4.78 is 0. The molecule has 4 nitrogen and oxygen atoms in total. The summed E-state index contributed by atoms with van der Waals surface area (Å²) >= 11 is 0. The molecular formula is C15H22N4. The lowest BCUT2D eigenvalue weighted by Crippen LogP contribution is -2.38. The first-order chi connectivity index (χ1) is 9.08. The van der Waals surface area contributed by atoms with Gasteiger partial charge in [-0.05, 0) is 45.2 Å². The predicted molar refractivity (Wildman–Crippen MR) is 77.0 cm³/mol. The van der Waals surface area contributed by atoms with Crippen LogP contribution in [0.5, 0.6) is 0 Å². The molecule has 1 aromatic heterocycles. The number of nitrogens with zero attached hydrogens (tertiary/aromatic N) is 3. The Morgan fingerprint density at radius 2 is 2.21 bits per heavy atom. The zero-order chi connectivity index (χ0) is 14.0. The molecule has 1 aromatic rings. The number of anilines is 1. The zero-order valence-corrected chi connectivity index (χ0v) is 12.0. The fourth-order valence-corrected chi connectivity index (χ4v) is 3.21. The van der Waals surface area contributed by atoms with Gasteiger partial charge in [0.1, 0.15) is 6.07 Å². The van der Waals surface area contributed by atoms with E-state index in [1.165, 1.54) is 12.8 Å². The van der Waals surface area contributed by atoms with Crippen LogP contribution in [0.1, 0.15) is 36.2 Å². The molecule has 2 unspecified atom stereocenters. The largest absolute Gasteiger partial charge is 0.370 e. The standard InChI is InChI=1S/C15H22N4/c1-10-7-15(13(9-17)11(2)18-10)19(3)14-6-4-5-12(14)8-16/h7,12,14H,4-6,8,16H2,1-3H3. The summed E-state index contributed by atoms with van der Waals surface area (Å²) in [6, 6.07) is 4.75. The second-order valence-corrected chi connectivity index (χ2v) is 5.46. The Hall–Kier alpha value is -1.60. The van der Waals surface area contributed by atoms with Crippen molar-refractivity contribution in [3.8, 4) is 6.07 Å². The average Bonchev–Trinajstić information content (AvgIpc) is 2.85. The molecule has 2 atom stereocenters. The molecule has 4 heteroatoms. The predicted octanol–water partition coefficient (Wildman–Crippen LogP) is 2.13. The third-order valence-corrected chi connectivity index (χ3v) is 4.22. The summed E-state index contributed by atoms with van der Waals surface area (Å²) in [6.45, 7) is 4.60. The lowest BCUT2D eigenvalue weighted by molar-refractivity contribution is 0.474. The number of nitriles is 1. The van der Waals surface area contributed by atoms with Crippen LogP contribution in [0, 0.1) is 31.1 Å². The van der Waals surface area contributed by atoms with Gasteiger partial charge in [0.25, 0.3) is 0 Å². The van der Waals surface area contributed by atoms with Crippen molar-refractivity contribution in [2.45, 2.75) is 39.2 Å². The maximum absolute atomic E-state index is 9.36. The van der Waals surface area contributed by atoms with Crippen molar-refractivity contribution in [3.63, 3.8) is 0 Å². The highest BCUT2D eigenvalue weighted by atomic mass is 15.1. The van der Waals surface area contributed by atoms with Crippen LogP contribution < -0.4 is 10.6 Å². The van der Waals surface area contributed by atoms with Gasteiger partial charge in [0.15, 0.2) is 0 Å². The second kappa shape index (κ2) is 5.58. The van der Waals surface area contributed by atoms with Gasteiger partial charge in [0, 0.05) is 18.8 Å². The van der Waals surface area contributed by atoms with Crippen molar-refractivity contribution in [1.82, 2.24) is 4.98 Å². The quantitative estimate of drug-likeness (QED) is 0.902.